The van der Waals surface area contributed by atoms with Crippen LogP contribution in [0.4, 0.5) is 0 Å². The van der Waals surface area contributed by atoms with Crippen LogP contribution in [-0.4, -0.2) is 17.4 Å². The summed E-state index contributed by atoms with van der Waals surface area (Å²) in [7, 11) is 0. The zero-order valence-corrected chi connectivity index (χ0v) is 14.2. The van der Waals surface area contributed by atoms with Crippen molar-refractivity contribution < 1.29 is 4.79 Å². The summed E-state index contributed by atoms with van der Waals surface area (Å²) >= 11 is 5.63. The topological polar surface area (TPSA) is 29.1 Å². The Morgan fingerprint density at radius 1 is 1.19 bits per heavy atom. The molecule has 1 unspecified atom stereocenters. The Kier molecular flexibility index (Phi) is 4.93. The van der Waals surface area contributed by atoms with Crippen molar-refractivity contribution in [2.24, 2.45) is 0 Å². The fraction of sp³-hybridized carbons (Fsp3) is 0.312. The lowest BCUT2D eigenvalue weighted by molar-refractivity contribution is 0.0940. The number of hydrogen-bond donors (Lipinski definition) is 1. The first-order chi connectivity index (χ1) is 10.2. The van der Waals surface area contributed by atoms with Crippen LogP contribution in [0.5, 0.6) is 0 Å². The van der Waals surface area contributed by atoms with Gasteiger partial charge in [-0.25, -0.2) is 0 Å². The summed E-state index contributed by atoms with van der Waals surface area (Å²) in [5.41, 5.74) is 2.04. The Balaban J connectivity index is 1.64. The third-order valence-electron chi connectivity index (χ3n) is 3.38. The third kappa shape index (κ3) is 3.65. The Hall–Kier alpha value is -0.910. The van der Waals surface area contributed by atoms with E-state index in [4.69, 9.17) is 0 Å². The summed E-state index contributed by atoms with van der Waals surface area (Å²) in [5.74, 6) is 2.43. The maximum atomic E-state index is 12.3. The van der Waals surface area contributed by atoms with Gasteiger partial charge in [-0.1, -0.05) is 18.2 Å². The Labute approximate surface area is 137 Å². The molecule has 1 aliphatic rings. The summed E-state index contributed by atoms with van der Waals surface area (Å²) in [6.07, 6.45) is 0. The molecule has 1 aromatic heterocycles. The zero-order valence-electron chi connectivity index (χ0n) is 11.7. The minimum absolute atomic E-state index is 0.00539. The van der Waals surface area contributed by atoms with E-state index < -0.39 is 0 Å². The van der Waals surface area contributed by atoms with Crippen LogP contribution < -0.4 is 5.32 Å². The van der Waals surface area contributed by atoms with E-state index in [9.17, 15) is 4.79 Å². The van der Waals surface area contributed by atoms with Crippen molar-refractivity contribution in [2.45, 2.75) is 17.5 Å². The number of carbonyl (C=O) groups excluding carboxylic acids is 1. The van der Waals surface area contributed by atoms with Gasteiger partial charge in [0.15, 0.2) is 0 Å². The lowest BCUT2D eigenvalue weighted by Crippen LogP contribution is -2.26. The second-order valence-corrected chi connectivity index (χ2v) is 8.61. The van der Waals surface area contributed by atoms with E-state index >= 15 is 0 Å². The predicted octanol–water partition coefficient (Wildman–Crippen LogP) is 4.72. The average molecular weight is 336 g/mol. The van der Waals surface area contributed by atoms with Gasteiger partial charge in [-0.15, -0.1) is 34.9 Å². The fourth-order valence-corrected chi connectivity index (χ4v) is 5.83. The molecule has 0 aliphatic carbocycles. The van der Waals surface area contributed by atoms with Crippen molar-refractivity contribution in [3.63, 3.8) is 0 Å². The first-order valence-corrected chi connectivity index (χ1v) is 9.89. The Bertz CT molecular complexity index is 588. The summed E-state index contributed by atoms with van der Waals surface area (Å²) < 4.78 is 0.534. The van der Waals surface area contributed by atoms with Crippen molar-refractivity contribution >= 4 is 40.8 Å². The van der Waals surface area contributed by atoms with Gasteiger partial charge < -0.3 is 5.32 Å². The first kappa shape index (κ1) is 15.0. The molecule has 1 atom stereocenters. The Morgan fingerprint density at radius 2 is 1.90 bits per heavy atom. The van der Waals surface area contributed by atoms with Gasteiger partial charge in [0.05, 0.1) is 10.6 Å². The second-order valence-electron chi connectivity index (χ2n) is 4.91. The van der Waals surface area contributed by atoms with E-state index in [1.54, 1.807) is 11.3 Å². The van der Waals surface area contributed by atoms with Crippen LogP contribution in [0.3, 0.4) is 0 Å². The predicted molar refractivity (Wildman–Crippen MR) is 94.3 cm³/mol. The van der Waals surface area contributed by atoms with Crippen LogP contribution in [-0.2, 0) is 0 Å². The smallest absolute Gasteiger partial charge is 0.251 e. The van der Waals surface area contributed by atoms with E-state index in [0.29, 0.717) is 4.58 Å². The maximum Gasteiger partial charge on any atom is 0.251 e. The molecule has 3 rings (SSSR count). The first-order valence-electron chi connectivity index (χ1n) is 6.91. The van der Waals surface area contributed by atoms with Crippen LogP contribution in [0.1, 0.15) is 38.3 Å². The molecule has 1 fully saturated rings. The standard InChI is InChI=1S/C16H17NOS3/c1-11(14-3-2-8-19-14)17-15(18)12-4-6-13(7-5-12)16-20-9-10-21-16/h2-8,11,16H,9-10H2,1H3,(H,17,18). The molecule has 0 spiro atoms. The van der Waals surface area contributed by atoms with Gasteiger partial charge in [-0.2, -0.15) is 0 Å². The van der Waals surface area contributed by atoms with Gasteiger partial charge in [0.1, 0.15) is 0 Å². The lowest BCUT2D eigenvalue weighted by Gasteiger charge is -2.13. The highest BCUT2D eigenvalue weighted by molar-refractivity contribution is 8.19. The number of benzene rings is 1. The van der Waals surface area contributed by atoms with E-state index in [1.165, 1.54) is 21.9 Å². The second kappa shape index (κ2) is 6.90. The zero-order chi connectivity index (χ0) is 14.7. The van der Waals surface area contributed by atoms with Crippen LogP contribution >= 0.6 is 34.9 Å². The molecular weight excluding hydrogens is 318 g/mol. The molecule has 0 bridgehead atoms. The van der Waals surface area contributed by atoms with Crippen LogP contribution in [0.2, 0.25) is 0 Å². The quantitative estimate of drug-likeness (QED) is 0.877. The van der Waals surface area contributed by atoms with Gasteiger partial charge in [0, 0.05) is 21.9 Å². The Morgan fingerprint density at radius 3 is 2.52 bits per heavy atom. The van der Waals surface area contributed by atoms with E-state index in [2.05, 4.69) is 17.4 Å². The number of thiophene rings is 1. The van der Waals surface area contributed by atoms with Crippen molar-refractivity contribution in [3.05, 3.63) is 57.8 Å². The molecule has 110 valence electrons. The minimum atomic E-state index is -0.00539. The van der Waals surface area contributed by atoms with Gasteiger partial charge in [0.2, 0.25) is 0 Å². The molecule has 2 nitrogen and oxygen atoms in total. The van der Waals surface area contributed by atoms with Crippen molar-refractivity contribution in [2.75, 3.05) is 11.5 Å². The number of rotatable bonds is 4. The minimum Gasteiger partial charge on any atom is -0.345 e. The van der Waals surface area contributed by atoms with E-state index in [-0.39, 0.29) is 11.9 Å². The fourth-order valence-electron chi connectivity index (χ4n) is 2.23. The summed E-state index contributed by atoms with van der Waals surface area (Å²) in [4.78, 5) is 13.4. The van der Waals surface area contributed by atoms with Gasteiger partial charge >= 0.3 is 0 Å². The number of carbonyl (C=O) groups is 1. The molecule has 1 N–H and O–H groups in total. The highest BCUT2D eigenvalue weighted by Gasteiger charge is 2.18. The number of thioether (sulfide) groups is 2. The van der Waals surface area contributed by atoms with Crippen molar-refractivity contribution in [1.29, 1.82) is 0 Å². The largest absolute Gasteiger partial charge is 0.345 e. The lowest BCUT2D eigenvalue weighted by atomic mass is 10.1. The van der Waals surface area contributed by atoms with Crippen molar-refractivity contribution in [3.8, 4) is 0 Å². The van der Waals surface area contributed by atoms with E-state index in [0.717, 1.165) is 5.56 Å². The normalized spacial score (nSPS) is 16.8. The number of nitrogens with one attached hydrogen (secondary N) is 1. The molecule has 1 saturated heterocycles. The molecule has 0 saturated carbocycles. The van der Waals surface area contributed by atoms with Gasteiger partial charge in [-0.3, -0.25) is 4.79 Å². The summed E-state index contributed by atoms with van der Waals surface area (Å²) in [5, 5.41) is 5.08. The highest BCUT2D eigenvalue weighted by Crippen LogP contribution is 2.45. The van der Waals surface area contributed by atoms with Crippen molar-refractivity contribution in [1.82, 2.24) is 5.32 Å². The number of hydrogen-bond acceptors (Lipinski definition) is 4. The van der Waals surface area contributed by atoms with Crippen LogP contribution in [0.25, 0.3) is 0 Å². The molecule has 1 aromatic carbocycles. The van der Waals surface area contributed by atoms with Crippen LogP contribution in [0.15, 0.2) is 41.8 Å². The highest BCUT2D eigenvalue weighted by atomic mass is 32.2. The van der Waals surface area contributed by atoms with Crippen LogP contribution in [0, 0.1) is 0 Å². The average Bonchev–Trinajstić information content (AvgIpc) is 3.20. The summed E-state index contributed by atoms with van der Waals surface area (Å²) in [6.45, 7) is 2.02. The molecule has 1 aliphatic heterocycles. The SMILES string of the molecule is CC(NC(=O)c1ccc(C2SCCS2)cc1)c1cccs1. The molecule has 21 heavy (non-hydrogen) atoms. The molecular formula is C16H17NOS3. The molecule has 1 amide bonds. The molecule has 0 radical (unpaired) electrons. The monoisotopic (exact) mass is 335 g/mol. The third-order valence-corrected chi connectivity index (χ3v) is 7.54. The molecule has 2 heterocycles. The molecule has 5 heteroatoms. The summed E-state index contributed by atoms with van der Waals surface area (Å²) in [6, 6.07) is 12.2. The van der Waals surface area contributed by atoms with Gasteiger partial charge in [-0.05, 0) is 36.1 Å². The molecule has 2 aromatic rings. The van der Waals surface area contributed by atoms with Gasteiger partial charge in [0.25, 0.3) is 5.91 Å². The maximum absolute atomic E-state index is 12.3. The van der Waals surface area contributed by atoms with E-state index in [1.807, 2.05) is 60.1 Å². The number of amides is 1.